The molecule has 2 heterocycles. The molecule has 21 heavy (non-hydrogen) atoms. The number of hydrogen-bond donors (Lipinski definition) is 1. The molecule has 0 aromatic carbocycles. The van der Waals surface area contributed by atoms with E-state index in [9.17, 15) is 8.42 Å². The smallest absolute Gasteiger partial charge is 0.250 e. The van der Waals surface area contributed by atoms with Crippen molar-refractivity contribution in [3.63, 3.8) is 0 Å². The van der Waals surface area contributed by atoms with Crippen molar-refractivity contribution in [2.45, 2.75) is 24.0 Å². The van der Waals surface area contributed by atoms with Crippen molar-refractivity contribution in [2.24, 2.45) is 5.92 Å². The molecular formula is C13H18ClN3O2S2. The number of rotatable bonds is 5. The summed E-state index contributed by atoms with van der Waals surface area (Å²) in [5, 5.41) is 8.65. The first-order valence-electron chi connectivity index (χ1n) is 6.77. The van der Waals surface area contributed by atoms with Crippen LogP contribution in [-0.4, -0.2) is 39.5 Å². The van der Waals surface area contributed by atoms with E-state index in [1.165, 1.54) is 0 Å². The molecule has 0 bridgehead atoms. The highest BCUT2D eigenvalue weighted by Crippen LogP contribution is 2.30. The van der Waals surface area contributed by atoms with Gasteiger partial charge in [0.1, 0.15) is 4.21 Å². The SMILES string of the molecule is Cc1cc(S(=O)(=O)NCC2CCN(CC#N)CC2)sc1Cl. The Morgan fingerprint density at radius 1 is 1.52 bits per heavy atom. The minimum Gasteiger partial charge on any atom is -0.291 e. The topological polar surface area (TPSA) is 73.2 Å². The lowest BCUT2D eigenvalue weighted by atomic mass is 9.97. The van der Waals surface area contributed by atoms with Gasteiger partial charge in [-0.1, -0.05) is 11.6 Å². The van der Waals surface area contributed by atoms with Gasteiger partial charge < -0.3 is 0 Å². The van der Waals surface area contributed by atoms with Gasteiger partial charge in [0.05, 0.1) is 17.0 Å². The van der Waals surface area contributed by atoms with Crippen LogP contribution in [0, 0.1) is 24.2 Å². The van der Waals surface area contributed by atoms with Gasteiger partial charge in [0.15, 0.2) is 0 Å². The second-order valence-corrected chi connectivity index (χ2v) is 8.90. The number of aryl methyl sites for hydroxylation is 1. The van der Waals surface area contributed by atoms with Gasteiger partial charge in [-0.05, 0) is 50.4 Å². The van der Waals surface area contributed by atoms with E-state index in [1.54, 1.807) is 13.0 Å². The van der Waals surface area contributed by atoms with Crippen LogP contribution in [0.1, 0.15) is 18.4 Å². The molecule has 0 amide bonds. The van der Waals surface area contributed by atoms with Gasteiger partial charge in [-0.25, -0.2) is 13.1 Å². The molecule has 0 unspecified atom stereocenters. The van der Waals surface area contributed by atoms with Crippen molar-refractivity contribution < 1.29 is 8.42 Å². The summed E-state index contributed by atoms with van der Waals surface area (Å²) in [6, 6.07) is 3.74. The van der Waals surface area contributed by atoms with Gasteiger partial charge in [0.25, 0.3) is 0 Å². The summed E-state index contributed by atoms with van der Waals surface area (Å²) in [5.41, 5.74) is 0.784. The van der Waals surface area contributed by atoms with E-state index < -0.39 is 10.0 Å². The van der Waals surface area contributed by atoms with Crippen LogP contribution in [0.25, 0.3) is 0 Å². The van der Waals surface area contributed by atoms with E-state index in [0.717, 1.165) is 42.8 Å². The van der Waals surface area contributed by atoms with Crippen molar-refractivity contribution in [1.82, 2.24) is 9.62 Å². The van der Waals surface area contributed by atoms with Crippen molar-refractivity contribution in [3.05, 3.63) is 16.0 Å². The van der Waals surface area contributed by atoms with Crippen LogP contribution in [0.3, 0.4) is 0 Å². The molecule has 5 nitrogen and oxygen atoms in total. The lowest BCUT2D eigenvalue weighted by Gasteiger charge is -2.30. The molecule has 8 heteroatoms. The number of likely N-dealkylation sites (tertiary alicyclic amines) is 1. The maximum Gasteiger partial charge on any atom is 0.250 e. The molecule has 1 saturated heterocycles. The third-order valence-corrected chi connectivity index (χ3v) is 7.12. The molecule has 0 saturated carbocycles. The van der Waals surface area contributed by atoms with E-state index in [4.69, 9.17) is 16.9 Å². The van der Waals surface area contributed by atoms with Crippen LogP contribution >= 0.6 is 22.9 Å². The number of piperidine rings is 1. The zero-order chi connectivity index (χ0) is 15.5. The minimum atomic E-state index is -3.47. The fraction of sp³-hybridized carbons (Fsp3) is 0.615. The molecule has 0 aliphatic carbocycles. The van der Waals surface area contributed by atoms with Crippen molar-refractivity contribution >= 4 is 33.0 Å². The summed E-state index contributed by atoms with van der Waals surface area (Å²) in [6.07, 6.45) is 1.82. The molecule has 0 radical (unpaired) electrons. The summed E-state index contributed by atoms with van der Waals surface area (Å²) >= 11 is 7.01. The predicted octanol–water partition coefficient (Wildman–Crippen LogP) is 2.22. The Morgan fingerprint density at radius 2 is 2.19 bits per heavy atom. The Hall–Kier alpha value is -0.650. The molecule has 116 valence electrons. The van der Waals surface area contributed by atoms with Crippen LogP contribution in [0.5, 0.6) is 0 Å². The number of halogens is 1. The Bertz CT molecular complexity index is 609. The second kappa shape index (κ2) is 7.07. The average Bonchev–Trinajstić information content (AvgIpc) is 2.79. The Kier molecular flexibility index (Phi) is 5.63. The molecule has 1 aromatic heterocycles. The molecule has 1 aromatic rings. The van der Waals surface area contributed by atoms with E-state index in [-0.39, 0.29) is 4.21 Å². The summed E-state index contributed by atoms with van der Waals surface area (Å²) in [7, 11) is -3.47. The van der Waals surface area contributed by atoms with Crippen LogP contribution in [0.2, 0.25) is 4.34 Å². The fourth-order valence-electron chi connectivity index (χ4n) is 2.31. The zero-order valence-electron chi connectivity index (χ0n) is 11.8. The number of nitrogens with zero attached hydrogens (tertiary/aromatic N) is 2. The molecule has 0 spiro atoms. The van der Waals surface area contributed by atoms with Crippen molar-refractivity contribution in [3.8, 4) is 6.07 Å². The minimum absolute atomic E-state index is 0.270. The van der Waals surface area contributed by atoms with Gasteiger partial charge in [-0.3, -0.25) is 4.90 Å². The third kappa shape index (κ3) is 4.41. The largest absolute Gasteiger partial charge is 0.291 e. The lowest BCUT2D eigenvalue weighted by molar-refractivity contribution is 0.204. The number of hydrogen-bond acceptors (Lipinski definition) is 5. The fourth-order valence-corrected chi connectivity index (χ4v) is 5.18. The van der Waals surface area contributed by atoms with Gasteiger partial charge in [-0.15, -0.1) is 11.3 Å². The van der Waals surface area contributed by atoms with Crippen molar-refractivity contribution in [1.29, 1.82) is 5.26 Å². The summed E-state index contributed by atoms with van der Waals surface area (Å²) in [5.74, 6) is 0.325. The van der Waals surface area contributed by atoms with E-state index in [0.29, 0.717) is 23.3 Å². The third-order valence-electron chi connectivity index (χ3n) is 3.66. The van der Waals surface area contributed by atoms with Crippen LogP contribution in [0.4, 0.5) is 0 Å². The number of thiophene rings is 1. The standard InChI is InChI=1S/C13H18ClN3O2S2/c1-10-8-12(20-13(10)14)21(18,19)16-9-11-2-5-17(6-3-11)7-4-15/h8,11,16H,2-3,5-7,9H2,1H3. The van der Waals surface area contributed by atoms with E-state index >= 15 is 0 Å². The quantitative estimate of drug-likeness (QED) is 0.829. The van der Waals surface area contributed by atoms with E-state index in [1.807, 2.05) is 0 Å². The Balaban J connectivity index is 1.87. The zero-order valence-corrected chi connectivity index (χ0v) is 14.2. The van der Waals surface area contributed by atoms with Crippen LogP contribution in [0.15, 0.2) is 10.3 Å². The lowest BCUT2D eigenvalue weighted by Crippen LogP contribution is -2.38. The maximum absolute atomic E-state index is 12.2. The van der Waals surface area contributed by atoms with Gasteiger partial charge in [-0.2, -0.15) is 5.26 Å². The Morgan fingerprint density at radius 3 is 2.71 bits per heavy atom. The highest BCUT2D eigenvalue weighted by molar-refractivity contribution is 7.91. The summed E-state index contributed by atoms with van der Waals surface area (Å²) in [6.45, 7) is 4.39. The van der Waals surface area contributed by atoms with Gasteiger partial charge in [0, 0.05) is 6.54 Å². The first kappa shape index (κ1) is 16.7. The number of nitriles is 1. The van der Waals surface area contributed by atoms with Crippen LogP contribution in [-0.2, 0) is 10.0 Å². The molecule has 1 aliphatic heterocycles. The first-order chi connectivity index (χ1) is 9.92. The predicted molar refractivity (Wildman–Crippen MR) is 84.0 cm³/mol. The highest BCUT2D eigenvalue weighted by Gasteiger charge is 2.23. The summed E-state index contributed by atoms with van der Waals surface area (Å²) < 4.78 is 27.8. The van der Waals surface area contributed by atoms with Crippen LogP contribution < -0.4 is 4.72 Å². The average molecular weight is 348 g/mol. The van der Waals surface area contributed by atoms with Gasteiger partial charge in [0.2, 0.25) is 10.0 Å². The second-order valence-electron chi connectivity index (χ2n) is 5.25. The highest BCUT2D eigenvalue weighted by atomic mass is 35.5. The maximum atomic E-state index is 12.2. The molecule has 1 fully saturated rings. The molecule has 1 N–H and O–H groups in total. The monoisotopic (exact) mass is 347 g/mol. The van der Waals surface area contributed by atoms with Crippen molar-refractivity contribution in [2.75, 3.05) is 26.2 Å². The molecular weight excluding hydrogens is 330 g/mol. The normalized spacial score (nSPS) is 17.8. The number of sulfonamides is 1. The Labute approximate surface area is 134 Å². The summed E-state index contributed by atoms with van der Waals surface area (Å²) in [4.78, 5) is 2.09. The van der Waals surface area contributed by atoms with Gasteiger partial charge >= 0.3 is 0 Å². The number of nitrogens with one attached hydrogen (secondary N) is 1. The van der Waals surface area contributed by atoms with E-state index in [2.05, 4.69) is 15.7 Å². The molecule has 1 aliphatic rings. The molecule has 0 atom stereocenters. The first-order valence-corrected chi connectivity index (χ1v) is 9.45. The molecule has 2 rings (SSSR count).